The molecule has 0 spiro atoms. The van der Waals surface area contributed by atoms with Gasteiger partial charge in [-0.2, -0.15) is 0 Å². The summed E-state index contributed by atoms with van der Waals surface area (Å²) in [6, 6.07) is 5.85. The molecule has 110 valence electrons. The van der Waals surface area contributed by atoms with E-state index in [1.165, 1.54) is 0 Å². The minimum atomic E-state index is -0.664. The van der Waals surface area contributed by atoms with Crippen molar-refractivity contribution in [1.29, 1.82) is 0 Å². The Morgan fingerprint density at radius 1 is 1.30 bits per heavy atom. The fraction of sp³-hybridized carbons (Fsp3) is 0.562. The summed E-state index contributed by atoms with van der Waals surface area (Å²) in [4.78, 5) is 10.8. The Kier molecular flexibility index (Phi) is 4.88. The van der Waals surface area contributed by atoms with Gasteiger partial charge in [-0.25, -0.2) is 0 Å². The lowest BCUT2D eigenvalue weighted by molar-refractivity contribution is -0.138. The molecular formula is C16H22O4. The average Bonchev–Trinajstić information content (AvgIpc) is 3.19. The molecule has 0 radical (unpaired) electrons. The maximum absolute atomic E-state index is 10.8. The highest BCUT2D eigenvalue weighted by molar-refractivity contribution is 5.73. The molecule has 4 heteroatoms. The lowest BCUT2D eigenvalue weighted by Gasteiger charge is -2.12. The molecule has 4 nitrogen and oxygen atoms in total. The van der Waals surface area contributed by atoms with E-state index in [4.69, 9.17) is 14.6 Å². The number of benzene rings is 1. The molecule has 1 aliphatic carbocycles. The van der Waals surface area contributed by atoms with E-state index in [0.717, 1.165) is 36.3 Å². The number of carboxylic acids is 1. The van der Waals surface area contributed by atoms with E-state index >= 15 is 0 Å². The summed E-state index contributed by atoms with van der Waals surface area (Å²) in [6.45, 7) is 5.18. The quantitative estimate of drug-likeness (QED) is 0.793. The van der Waals surface area contributed by atoms with Gasteiger partial charge in [0.1, 0.15) is 11.5 Å². The zero-order chi connectivity index (χ0) is 14.5. The van der Waals surface area contributed by atoms with Gasteiger partial charge in [-0.3, -0.25) is 4.79 Å². The number of aliphatic carboxylic acids is 1. The molecule has 1 N–H and O–H groups in total. The molecule has 0 heterocycles. The fourth-order valence-corrected chi connectivity index (χ4v) is 2.51. The summed E-state index contributed by atoms with van der Waals surface area (Å²) in [7, 11) is 0. The predicted molar refractivity (Wildman–Crippen MR) is 76.3 cm³/mol. The van der Waals surface area contributed by atoms with E-state index in [-0.39, 0.29) is 5.92 Å². The highest BCUT2D eigenvalue weighted by Gasteiger charge is 2.42. The number of hydrogen-bond acceptors (Lipinski definition) is 3. The molecule has 1 aromatic rings. The minimum Gasteiger partial charge on any atom is -0.494 e. The smallest absolute Gasteiger partial charge is 0.306 e. The number of carboxylic acid groups (broad SMARTS) is 1. The van der Waals surface area contributed by atoms with Crippen LogP contribution < -0.4 is 9.47 Å². The van der Waals surface area contributed by atoms with Gasteiger partial charge in [0, 0.05) is 0 Å². The maximum atomic E-state index is 10.8. The van der Waals surface area contributed by atoms with E-state index in [1.807, 2.05) is 32.0 Å². The van der Waals surface area contributed by atoms with Crippen LogP contribution in [0.4, 0.5) is 0 Å². The van der Waals surface area contributed by atoms with E-state index in [9.17, 15) is 4.79 Å². The first kappa shape index (κ1) is 14.7. The largest absolute Gasteiger partial charge is 0.494 e. The molecule has 0 saturated heterocycles. The number of ether oxygens (including phenoxy) is 2. The van der Waals surface area contributed by atoms with E-state index in [0.29, 0.717) is 19.1 Å². The van der Waals surface area contributed by atoms with Gasteiger partial charge in [-0.05, 0) is 62.8 Å². The SMILES string of the molecule is CCOc1ccc(OCC)c(CCC2CC2C(=O)O)c1. The molecule has 1 fully saturated rings. The molecule has 0 aromatic heterocycles. The minimum absolute atomic E-state index is 0.138. The van der Waals surface area contributed by atoms with Crippen LogP contribution in [0, 0.1) is 11.8 Å². The van der Waals surface area contributed by atoms with Crippen molar-refractivity contribution in [3.8, 4) is 11.5 Å². The highest BCUT2D eigenvalue weighted by atomic mass is 16.5. The van der Waals surface area contributed by atoms with Crippen molar-refractivity contribution in [3.05, 3.63) is 23.8 Å². The Hall–Kier alpha value is -1.71. The Bertz CT molecular complexity index is 470. The Labute approximate surface area is 119 Å². The van der Waals surface area contributed by atoms with E-state index in [1.54, 1.807) is 0 Å². The van der Waals surface area contributed by atoms with E-state index in [2.05, 4.69) is 0 Å². The normalized spacial score (nSPS) is 20.5. The zero-order valence-electron chi connectivity index (χ0n) is 12.1. The van der Waals surface area contributed by atoms with Crippen molar-refractivity contribution in [2.75, 3.05) is 13.2 Å². The summed E-state index contributed by atoms with van der Waals surface area (Å²) >= 11 is 0. The van der Waals surface area contributed by atoms with Gasteiger partial charge in [0.15, 0.2) is 0 Å². The van der Waals surface area contributed by atoms with Crippen molar-refractivity contribution in [3.63, 3.8) is 0 Å². The second-order valence-electron chi connectivity index (χ2n) is 5.11. The van der Waals surface area contributed by atoms with Crippen LogP contribution in [-0.4, -0.2) is 24.3 Å². The van der Waals surface area contributed by atoms with Gasteiger partial charge in [0.25, 0.3) is 0 Å². The van der Waals surface area contributed by atoms with Crippen molar-refractivity contribution in [1.82, 2.24) is 0 Å². The van der Waals surface area contributed by atoms with Gasteiger partial charge < -0.3 is 14.6 Å². The van der Waals surface area contributed by atoms with Gasteiger partial charge in [-0.15, -0.1) is 0 Å². The predicted octanol–water partition coefficient (Wildman–Crippen LogP) is 3.14. The van der Waals surface area contributed by atoms with Crippen molar-refractivity contribution in [2.24, 2.45) is 11.8 Å². The molecule has 0 amide bonds. The summed E-state index contributed by atoms with van der Waals surface area (Å²) in [5.74, 6) is 1.24. The second kappa shape index (κ2) is 6.64. The lowest BCUT2D eigenvalue weighted by Crippen LogP contribution is -2.02. The second-order valence-corrected chi connectivity index (χ2v) is 5.11. The molecule has 0 bridgehead atoms. The molecule has 0 aliphatic heterocycles. The third kappa shape index (κ3) is 3.65. The van der Waals surface area contributed by atoms with Gasteiger partial charge in [-0.1, -0.05) is 0 Å². The Morgan fingerprint density at radius 3 is 2.65 bits per heavy atom. The Morgan fingerprint density at radius 2 is 2.05 bits per heavy atom. The lowest BCUT2D eigenvalue weighted by atomic mass is 10.0. The average molecular weight is 278 g/mol. The third-order valence-electron chi connectivity index (χ3n) is 3.67. The van der Waals surface area contributed by atoms with Gasteiger partial charge in [0.05, 0.1) is 19.1 Å². The number of rotatable bonds is 8. The monoisotopic (exact) mass is 278 g/mol. The van der Waals surface area contributed by atoms with Crippen LogP contribution >= 0.6 is 0 Å². The van der Waals surface area contributed by atoms with Crippen molar-refractivity contribution in [2.45, 2.75) is 33.1 Å². The van der Waals surface area contributed by atoms with E-state index < -0.39 is 5.97 Å². The first-order valence-electron chi connectivity index (χ1n) is 7.27. The van der Waals surface area contributed by atoms with Crippen LogP contribution in [0.25, 0.3) is 0 Å². The first-order valence-corrected chi connectivity index (χ1v) is 7.27. The van der Waals surface area contributed by atoms with Gasteiger partial charge >= 0.3 is 5.97 Å². The van der Waals surface area contributed by atoms with Crippen LogP contribution in [0.2, 0.25) is 0 Å². The molecular weight excluding hydrogens is 256 g/mol. The van der Waals surface area contributed by atoms with Crippen molar-refractivity contribution >= 4 is 5.97 Å². The molecule has 2 atom stereocenters. The van der Waals surface area contributed by atoms with Crippen LogP contribution in [0.1, 0.15) is 32.3 Å². The highest BCUT2D eigenvalue weighted by Crippen LogP contribution is 2.42. The summed E-state index contributed by atoms with van der Waals surface area (Å²) in [6.07, 6.45) is 2.54. The molecule has 2 unspecified atom stereocenters. The molecule has 2 rings (SSSR count). The standard InChI is InChI=1S/C16H22O4/c1-3-19-13-7-8-15(20-4-2)12(9-13)6-5-11-10-14(11)16(17)18/h7-9,11,14H,3-6,10H2,1-2H3,(H,17,18). The topological polar surface area (TPSA) is 55.8 Å². The number of aryl methyl sites for hydroxylation is 1. The molecule has 20 heavy (non-hydrogen) atoms. The Balaban J connectivity index is 2.00. The fourth-order valence-electron chi connectivity index (χ4n) is 2.51. The summed E-state index contributed by atoms with van der Waals surface area (Å²) in [5.41, 5.74) is 1.11. The van der Waals surface area contributed by atoms with Gasteiger partial charge in [0.2, 0.25) is 0 Å². The van der Waals surface area contributed by atoms with Crippen molar-refractivity contribution < 1.29 is 19.4 Å². The molecule has 1 saturated carbocycles. The first-order chi connectivity index (χ1) is 9.65. The van der Waals surface area contributed by atoms with Crippen LogP contribution in [0.15, 0.2) is 18.2 Å². The van der Waals surface area contributed by atoms with Crippen LogP contribution in [0.3, 0.4) is 0 Å². The van der Waals surface area contributed by atoms with Crippen LogP contribution in [0.5, 0.6) is 11.5 Å². The summed E-state index contributed by atoms with van der Waals surface area (Å²) < 4.78 is 11.1. The third-order valence-corrected chi connectivity index (χ3v) is 3.67. The molecule has 1 aromatic carbocycles. The number of carbonyl (C=O) groups is 1. The maximum Gasteiger partial charge on any atom is 0.306 e. The summed E-state index contributed by atoms with van der Waals surface area (Å²) in [5, 5.41) is 8.93. The van der Waals surface area contributed by atoms with Crippen LogP contribution in [-0.2, 0) is 11.2 Å². The zero-order valence-corrected chi connectivity index (χ0v) is 12.1. The molecule has 1 aliphatic rings. The number of hydrogen-bond donors (Lipinski definition) is 1.